The predicted molar refractivity (Wildman–Crippen MR) is 97.8 cm³/mol. The molecule has 3 heteroatoms. The molecule has 0 aliphatic carbocycles. The minimum absolute atomic E-state index is 0.173. The average Bonchev–Trinajstić information content (AvgIpc) is 2.62. The van der Waals surface area contributed by atoms with Gasteiger partial charge in [-0.25, -0.2) is 0 Å². The molecule has 0 amide bonds. The number of aromatic hydroxyl groups is 1. The molecule has 1 aliphatic rings. The highest BCUT2D eigenvalue weighted by atomic mass is 16.5. The van der Waals surface area contributed by atoms with Crippen LogP contribution >= 0.6 is 0 Å². The van der Waals surface area contributed by atoms with Gasteiger partial charge < -0.3 is 14.7 Å². The Bertz CT molecular complexity index is 656. The smallest absolute Gasteiger partial charge is 0.119 e. The topological polar surface area (TPSA) is 32.7 Å². The summed E-state index contributed by atoms with van der Waals surface area (Å²) < 4.78 is 5.39. The van der Waals surface area contributed by atoms with E-state index in [1.54, 1.807) is 13.2 Å². The van der Waals surface area contributed by atoms with Crippen molar-refractivity contribution in [1.82, 2.24) is 4.90 Å². The Morgan fingerprint density at radius 3 is 2.67 bits per heavy atom. The molecule has 1 N–H and O–H groups in total. The molecular formula is C21H27NO2. The SMILES string of the molecule is COc1ccc(O)c(C(CC2CCCCN2C)c2ccccc2)c1. The highest BCUT2D eigenvalue weighted by molar-refractivity contribution is 5.45. The van der Waals surface area contributed by atoms with Gasteiger partial charge in [-0.1, -0.05) is 36.8 Å². The largest absolute Gasteiger partial charge is 0.508 e. The number of rotatable bonds is 5. The van der Waals surface area contributed by atoms with Crippen molar-refractivity contribution < 1.29 is 9.84 Å². The van der Waals surface area contributed by atoms with Gasteiger partial charge in [0.25, 0.3) is 0 Å². The maximum Gasteiger partial charge on any atom is 0.119 e. The number of benzene rings is 2. The third kappa shape index (κ3) is 3.73. The van der Waals surface area contributed by atoms with Gasteiger partial charge in [0, 0.05) is 17.5 Å². The summed E-state index contributed by atoms with van der Waals surface area (Å²) in [5.41, 5.74) is 2.21. The first-order valence-electron chi connectivity index (χ1n) is 8.81. The van der Waals surface area contributed by atoms with Crippen LogP contribution in [0.2, 0.25) is 0 Å². The number of nitrogens with zero attached hydrogens (tertiary/aromatic N) is 1. The van der Waals surface area contributed by atoms with E-state index in [0.717, 1.165) is 24.3 Å². The van der Waals surface area contributed by atoms with Gasteiger partial charge in [0.15, 0.2) is 0 Å². The second-order valence-electron chi connectivity index (χ2n) is 6.75. The highest BCUT2D eigenvalue weighted by Crippen LogP contribution is 2.38. The van der Waals surface area contributed by atoms with E-state index in [2.05, 4.69) is 36.2 Å². The Hall–Kier alpha value is -2.00. The predicted octanol–water partition coefficient (Wildman–Crippen LogP) is 4.41. The maximum atomic E-state index is 10.5. The Morgan fingerprint density at radius 1 is 1.17 bits per heavy atom. The Labute approximate surface area is 144 Å². The van der Waals surface area contributed by atoms with Crippen molar-refractivity contribution in [1.29, 1.82) is 0 Å². The van der Waals surface area contributed by atoms with Crippen LogP contribution in [0.5, 0.6) is 11.5 Å². The fourth-order valence-corrected chi connectivity index (χ4v) is 3.78. The standard InChI is InChI=1S/C21H27NO2/c1-22-13-7-6-10-17(22)14-19(16-8-4-3-5-9-16)20-15-18(24-2)11-12-21(20)23/h3-5,8-9,11-12,15,17,19,23H,6-7,10,13-14H2,1-2H3. The summed E-state index contributed by atoms with van der Waals surface area (Å²) in [6.45, 7) is 1.16. The minimum Gasteiger partial charge on any atom is -0.508 e. The van der Waals surface area contributed by atoms with Crippen molar-refractivity contribution in [2.24, 2.45) is 0 Å². The van der Waals surface area contributed by atoms with E-state index in [4.69, 9.17) is 4.74 Å². The molecular weight excluding hydrogens is 298 g/mol. The molecule has 2 unspecified atom stereocenters. The van der Waals surface area contributed by atoms with E-state index < -0.39 is 0 Å². The quantitative estimate of drug-likeness (QED) is 0.884. The van der Waals surface area contributed by atoms with Crippen LogP contribution in [-0.4, -0.2) is 36.8 Å². The van der Waals surface area contributed by atoms with Crippen molar-refractivity contribution >= 4 is 0 Å². The zero-order valence-corrected chi connectivity index (χ0v) is 14.6. The molecule has 2 aromatic rings. The first-order valence-corrected chi connectivity index (χ1v) is 8.81. The van der Waals surface area contributed by atoms with Gasteiger partial charge >= 0.3 is 0 Å². The van der Waals surface area contributed by atoms with Crippen molar-refractivity contribution in [2.45, 2.75) is 37.6 Å². The number of methoxy groups -OCH3 is 1. The second kappa shape index (κ2) is 7.71. The monoisotopic (exact) mass is 325 g/mol. The third-order valence-corrected chi connectivity index (χ3v) is 5.24. The maximum absolute atomic E-state index is 10.5. The van der Waals surface area contributed by atoms with Crippen molar-refractivity contribution in [3.05, 3.63) is 59.7 Å². The minimum atomic E-state index is 0.173. The third-order valence-electron chi connectivity index (χ3n) is 5.24. The molecule has 1 aliphatic heterocycles. The molecule has 0 spiro atoms. The number of phenols is 1. The average molecular weight is 325 g/mol. The second-order valence-corrected chi connectivity index (χ2v) is 6.75. The summed E-state index contributed by atoms with van der Waals surface area (Å²) in [4.78, 5) is 2.47. The molecule has 0 aromatic heterocycles. The molecule has 0 bridgehead atoms. The number of hydrogen-bond donors (Lipinski definition) is 1. The van der Waals surface area contributed by atoms with Gasteiger partial charge in [-0.05, 0) is 56.6 Å². The van der Waals surface area contributed by atoms with Crippen LogP contribution in [0.25, 0.3) is 0 Å². The van der Waals surface area contributed by atoms with E-state index in [1.165, 1.54) is 24.8 Å². The van der Waals surface area contributed by atoms with Gasteiger partial charge in [0.05, 0.1) is 7.11 Å². The summed E-state index contributed by atoms with van der Waals surface area (Å²) in [7, 11) is 3.89. The molecule has 2 aromatic carbocycles. The van der Waals surface area contributed by atoms with Crippen molar-refractivity contribution in [3.63, 3.8) is 0 Å². The van der Waals surface area contributed by atoms with Crippen LogP contribution in [0.3, 0.4) is 0 Å². The molecule has 3 rings (SSSR count). The summed E-state index contributed by atoms with van der Waals surface area (Å²) in [5, 5.41) is 10.5. The summed E-state index contributed by atoms with van der Waals surface area (Å²) in [5.74, 6) is 1.32. The lowest BCUT2D eigenvalue weighted by Gasteiger charge is -2.35. The van der Waals surface area contributed by atoms with E-state index >= 15 is 0 Å². The normalized spacial score (nSPS) is 19.8. The van der Waals surface area contributed by atoms with Gasteiger partial charge in [-0.3, -0.25) is 0 Å². The molecule has 1 heterocycles. The van der Waals surface area contributed by atoms with E-state index in [-0.39, 0.29) is 5.92 Å². The summed E-state index contributed by atoms with van der Waals surface area (Å²) >= 11 is 0. The van der Waals surface area contributed by atoms with Crippen LogP contribution in [-0.2, 0) is 0 Å². The molecule has 1 fully saturated rings. The van der Waals surface area contributed by atoms with E-state index in [1.807, 2.05) is 18.2 Å². The zero-order valence-electron chi connectivity index (χ0n) is 14.6. The van der Waals surface area contributed by atoms with Gasteiger partial charge in [0.1, 0.15) is 11.5 Å². The molecule has 128 valence electrons. The Balaban J connectivity index is 1.96. The molecule has 1 saturated heterocycles. The molecule has 24 heavy (non-hydrogen) atoms. The van der Waals surface area contributed by atoms with E-state index in [0.29, 0.717) is 11.8 Å². The Morgan fingerprint density at radius 2 is 1.96 bits per heavy atom. The fraction of sp³-hybridized carbons (Fsp3) is 0.429. The fourth-order valence-electron chi connectivity index (χ4n) is 3.78. The number of hydrogen-bond acceptors (Lipinski definition) is 3. The first kappa shape index (κ1) is 16.8. The van der Waals surface area contributed by atoms with Crippen LogP contribution in [0.4, 0.5) is 0 Å². The number of likely N-dealkylation sites (tertiary alicyclic amines) is 1. The first-order chi connectivity index (χ1) is 11.7. The lowest BCUT2D eigenvalue weighted by Crippen LogP contribution is -2.37. The van der Waals surface area contributed by atoms with Gasteiger partial charge in [-0.15, -0.1) is 0 Å². The van der Waals surface area contributed by atoms with Crippen LogP contribution in [0.15, 0.2) is 48.5 Å². The Kier molecular flexibility index (Phi) is 5.41. The lowest BCUT2D eigenvalue weighted by atomic mass is 9.83. The molecule has 3 nitrogen and oxygen atoms in total. The summed E-state index contributed by atoms with van der Waals surface area (Å²) in [6, 6.07) is 16.6. The van der Waals surface area contributed by atoms with Crippen LogP contribution in [0.1, 0.15) is 42.7 Å². The zero-order chi connectivity index (χ0) is 16.9. The number of ether oxygens (including phenoxy) is 1. The van der Waals surface area contributed by atoms with Crippen molar-refractivity contribution in [2.75, 3.05) is 20.7 Å². The highest BCUT2D eigenvalue weighted by Gasteiger charge is 2.26. The van der Waals surface area contributed by atoms with Gasteiger partial charge in [-0.2, -0.15) is 0 Å². The van der Waals surface area contributed by atoms with Crippen molar-refractivity contribution in [3.8, 4) is 11.5 Å². The van der Waals surface area contributed by atoms with Gasteiger partial charge in [0.2, 0.25) is 0 Å². The molecule has 0 saturated carbocycles. The molecule has 0 radical (unpaired) electrons. The number of phenolic OH excluding ortho intramolecular Hbond substituents is 1. The van der Waals surface area contributed by atoms with Crippen LogP contribution < -0.4 is 4.74 Å². The summed E-state index contributed by atoms with van der Waals surface area (Å²) in [6.07, 6.45) is 4.82. The number of piperidine rings is 1. The van der Waals surface area contributed by atoms with E-state index in [9.17, 15) is 5.11 Å². The lowest BCUT2D eigenvalue weighted by molar-refractivity contribution is 0.171. The van der Waals surface area contributed by atoms with Crippen LogP contribution in [0, 0.1) is 0 Å². The molecule has 2 atom stereocenters.